The summed E-state index contributed by atoms with van der Waals surface area (Å²) in [6.07, 6.45) is 0. The highest BCUT2D eigenvalue weighted by Gasteiger charge is 2.03. The van der Waals surface area contributed by atoms with Gasteiger partial charge < -0.3 is 0 Å². The minimum atomic E-state index is -0.453. The van der Waals surface area contributed by atoms with Crippen LogP contribution in [0.25, 0.3) is 0 Å². The van der Waals surface area contributed by atoms with E-state index in [0.29, 0.717) is 4.75 Å². The Morgan fingerprint density at radius 1 is 1.42 bits per heavy atom. The van der Waals surface area contributed by atoms with Gasteiger partial charge in [-0.2, -0.15) is 0 Å². The molecule has 3 nitrogen and oxygen atoms in total. The number of nitro benzene ring substituents is 1. The number of nitro groups is 1. The zero-order valence-corrected chi connectivity index (χ0v) is 7.71. The molecule has 0 spiro atoms. The van der Waals surface area contributed by atoms with E-state index in [1.54, 1.807) is 12.1 Å². The predicted octanol–water partition coefficient (Wildman–Crippen LogP) is 2.45. The molecule has 62 valence electrons. The predicted molar refractivity (Wildman–Crippen MR) is 51.4 cm³/mol. The fourth-order valence-corrected chi connectivity index (χ4v) is 1.02. The largest absolute Gasteiger partial charge is 0.269 e. The van der Waals surface area contributed by atoms with Gasteiger partial charge in [0.2, 0.25) is 0 Å². The Balaban J connectivity index is 3.01. The molecule has 1 rings (SSSR count). The first-order valence-corrected chi connectivity index (χ1v) is 3.98. The van der Waals surface area contributed by atoms with Gasteiger partial charge in [0.05, 0.1) is 9.68 Å². The van der Waals surface area contributed by atoms with Crippen molar-refractivity contribution in [2.45, 2.75) is 0 Å². The molecule has 1 aromatic carbocycles. The molecule has 5 heteroatoms. The second kappa shape index (κ2) is 3.65. The first-order chi connectivity index (χ1) is 5.61. The molecule has 0 heterocycles. The summed E-state index contributed by atoms with van der Waals surface area (Å²) in [4.78, 5) is 9.78. The van der Waals surface area contributed by atoms with Crippen molar-refractivity contribution in [2.75, 3.05) is 0 Å². The number of halogens is 1. The van der Waals surface area contributed by atoms with Gasteiger partial charge in [0.15, 0.2) is 0 Å². The zero-order valence-electron chi connectivity index (χ0n) is 5.95. The maximum Gasteiger partial charge on any atom is 0.269 e. The number of rotatable bonds is 2. The average molecular weight is 202 g/mol. The highest BCUT2D eigenvalue weighted by molar-refractivity contribution is 7.30. The van der Waals surface area contributed by atoms with Crippen molar-refractivity contribution in [2.24, 2.45) is 0 Å². The summed E-state index contributed by atoms with van der Waals surface area (Å²) < 4.78 is 0.435. The maximum absolute atomic E-state index is 10.2. The number of hydrogen-bond donors (Lipinski definition) is 0. The molecule has 1 aromatic rings. The van der Waals surface area contributed by atoms with E-state index >= 15 is 0 Å². The Hall–Kier alpha value is -0.920. The number of nitrogens with zero attached hydrogens (tertiary/aromatic N) is 1. The van der Waals surface area contributed by atoms with E-state index in [4.69, 9.17) is 11.6 Å². The topological polar surface area (TPSA) is 43.1 Å². The van der Waals surface area contributed by atoms with Gasteiger partial charge in [-0.1, -0.05) is 11.6 Å². The van der Waals surface area contributed by atoms with Crippen LogP contribution in [-0.2, 0) is 0 Å². The number of non-ortho nitro benzene ring substituents is 1. The standard InChI is InChI=1S/C7H5ClNO2P/c8-7(12)5-1-3-6(4-2-5)9(10)11/h1-4,12H. The average Bonchev–Trinajstić information content (AvgIpc) is 2.04. The Morgan fingerprint density at radius 3 is 2.25 bits per heavy atom. The SMILES string of the molecule is O=[N+]([O-])c1ccc(C(=P)Cl)cc1. The monoisotopic (exact) mass is 201 g/mol. The normalized spacial score (nSPS) is 9.42. The van der Waals surface area contributed by atoms with E-state index in [0.717, 1.165) is 5.56 Å². The third kappa shape index (κ3) is 2.03. The molecule has 0 fully saturated rings. The molecule has 0 aromatic heterocycles. The summed E-state index contributed by atoms with van der Waals surface area (Å²) >= 11 is 5.60. The smallest absolute Gasteiger partial charge is 0.258 e. The van der Waals surface area contributed by atoms with Crippen LogP contribution in [-0.4, -0.2) is 9.68 Å². The summed E-state index contributed by atoms with van der Waals surface area (Å²) in [5.74, 6) is 0. The van der Waals surface area contributed by atoms with Crippen molar-refractivity contribution in [3.63, 3.8) is 0 Å². The van der Waals surface area contributed by atoms with Gasteiger partial charge >= 0.3 is 0 Å². The summed E-state index contributed by atoms with van der Waals surface area (Å²) in [5, 5.41) is 10.2. The van der Waals surface area contributed by atoms with E-state index in [9.17, 15) is 10.1 Å². The van der Waals surface area contributed by atoms with Crippen LogP contribution < -0.4 is 0 Å². The highest BCUT2D eigenvalue weighted by Crippen LogP contribution is 2.13. The molecular formula is C7H5ClNO2P. The van der Waals surface area contributed by atoms with Crippen LogP contribution in [0.15, 0.2) is 24.3 Å². The highest BCUT2D eigenvalue weighted by atomic mass is 35.5. The quantitative estimate of drug-likeness (QED) is 0.419. The number of benzene rings is 1. The van der Waals surface area contributed by atoms with Gasteiger partial charge in [-0.25, -0.2) is 0 Å². The lowest BCUT2D eigenvalue weighted by Gasteiger charge is -1.94. The van der Waals surface area contributed by atoms with Crippen molar-refractivity contribution in [1.29, 1.82) is 0 Å². The van der Waals surface area contributed by atoms with Crippen LogP contribution in [0, 0.1) is 10.1 Å². The zero-order chi connectivity index (χ0) is 9.14. The Kier molecular flexibility index (Phi) is 2.79. The van der Waals surface area contributed by atoms with Crippen LogP contribution in [0.4, 0.5) is 5.69 Å². The van der Waals surface area contributed by atoms with Gasteiger partial charge in [-0.3, -0.25) is 10.1 Å². The lowest BCUT2D eigenvalue weighted by molar-refractivity contribution is -0.384. The Morgan fingerprint density at radius 2 is 1.92 bits per heavy atom. The van der Waals surface area contributed by atoms with Gasteiger partial charge in [0, 0.05) is 12.1 Å². The van der Waals surface area contributed by atoms with Crippen LogP contribution in [0.5, 0.6) is 0 Å². The summed E-state index contributed by atoms with van der Waals surface area (Å²) in [6, 6.07) is 5.96. The van der Waals surface area contributed by atoms with Crippen molar-refractivity contribution < 1.29 is 4.92 Å². The molecule has 0 saturated heterocycles. The van der Waals surface area contributed by atoms with Crippen molar-refractivity contribution in [1.82, 2.24) is 0 Å². The molecule has 0 aliphatic rings. The Labute approximate surface area is 76.3 Å². The molecule has 0 aliphatic carbocycles. The van der Waals surface area contributed by atoms with Gasteiger partial charge in [0.1, 0.15) is 0 Å². The van der Waals surface area contributed by atoms with Crippen LogP contribution >= 0.6 is 20.5 Å². The fourth-order valence-electron chi connectivity index (χ4n) is 0.729. The van der Waals surface area contributed by atoms with E-state index < -0.39 is 4.92 Å². The molecular weight excluding hydrogens is 197 g/mol. The molecule has 12 heavy (non-hydrogen) atoms. The first-order valence-electron chi connectivity index (χ1n) is 3.10. The second-order valence-corrected chi connectivity index (χ2v) is 3.31. The molecule has 0 radical (unpaired) electrons. The number of hydrogen-bond acceptors (Lipinski definition) is 2. The van der Waals surface area contributed by atoms with Crippen LogP contribution in [0.2, 0.25) is 0 Å². The molecule has 0 unspecified atom stereocenters. The molecule has 0 aliphatic heterocycles. The van der Waals surface area contributed by atoms with Crippen molar-refractivity contribution >= 4 is 30.9 Å². The van der Waals surface area contributed by atoms with Gasteiger partial charge in [0.25, 0.3) is 5.69 Å². The summed E-state index contributed by atoms with van der Waals surface area (Å²) in [5.41, 5.74) is 0.780. The van der Waals surface area contributed by atoms with E-state index in [-0.39, 0.29) is 5.69 Å². The van der Waals surface area contributed by atoms with Crippen molar-refractivity contribution in [3.8, 4) is 0 Å². The van der Waals surface area contributed by atoms with Crippen molar-refractivity contribution in [3.05, 3.63) is 39.9 Å². The molecule has 0 saturated carbocycles. The van der Waals surface area contributed by atoms with Gasteiger partial charge in [-0.05, 0) is 17.7 Å². The first kappa shape index (κ1) is 9.17. The van der Waals surface area contributed by atoms with Gasteiger partial charge in [-0.15, -0.1) is 8.86 Å². The molecule has 0 N–H and O–H groups in total. The van der Waals surface area contributed by atoms with Crippen LogP contribution in [0.1, 0.15) is 5.56 Å². The molecule has 0 bridgehead atoms. The van der Waals surface area contributed by atoms with E-state index in [1.807, 2.05) is 0 Å². The third-order valence-electron chi connectivity index (χ3n) is 1.33. The van der Waals surface area contributed by atoms with E-state index in [1.165, 1.54) is 12.1 Å². The molecule has 0 amide bonds. The lowest BCUT2D eigenvalue weighted by Crippen LogP contribution is -1.89. The second-order valence-electron chi connectivity index (χ2n) is 2.12. The van der Waals surface area contributed by atoms with E-state index in [2.05, 4.69) is 8.86 Å². The Bertz CT molecular complexity index is 290. The summed E-state index contributed by atoms with van der Waals surface area (Å²) in [6.45, 7) is 0. The third-order valence-corrected chi connectivity index (χ3v) is 1.84. The summed E-state index contributed by atoms with van der Waals surface area (Å²) in [7, 11) is 3.11. The minimum Gasteiger partial charge on any atom is -0.258 e. The van der Waals surface area contributed by atoms with Crippen LogP contribution in [0.3, 0.4) is 0 Å². The minimum absolute atomic E-state index is 0.0586. The maximum atomic E-state index is 10.2. The molecule has 0 atom stereocenters. The lowest BCUT2D eigenvalue weighted by atomic mass is 10.2. The fraction of sp³-hybridized carbons (Fsp3) is 0.